The Kier molecular flexibility index (Phi) is 5.90. The number of furan rings is 2. The van der Waals surface area contributed by atoms with Gasteiger partial charge in [0.2, 0.25) is 10.0 Å². The van der Waals surface area contributed by atoms with Crippen molar-refractivity contribution in [2.75, 3.05) is 26.0 Å². The van der Waals surface area contributed by atoms with E-state index in [0.717, 1.165) is 9.87 Å². The van der Waals surface area contributed by atoms with Crippen molar-refractivity contribution in [2.45, 2.75) is 24.3 Å². The Balaban J connectivity index is 1.55. The monoisotopic (exact) mass is 456 g/mol. The molecule has 4 rings (SSSR count). The molecule has 9 nitrogen and oxygen atoms in total. The lowest BCUT2D eigenvalue weighted by molar-refractivity contribution is -0.131. The highest BCUT2D eigenvalue weighted by molar-refractivity contribution is 7.89. The van der Waals surface area contributed by atoms with Crippen molar-refractivity contribution >= 4 is 27.3 Å². The third-order valence-corrected chi connectivity index (χ3v) is 7.07. The second kappa shape index (κ2) is 8.64. The maximum Gasteiger partial charge on any atom is 0.262 e. The van der Waals surface area contributed by atoms with E-state index in [4.69, 9.17) is 8.83 Å². The Labute approximate surface area is 186 Å². The molecule has 0 spiro atoms. The zero-order valence-electron chi connectivity index (χ0n) is 18.0. The van der Waals surface area contributed by atoms with E-state index < -0.39 is 10.0 Å². The number of amides is 1. The summed E-state index contributed by atoms with van der Waals surface area (Å²) >= 11 is 0. The minimum atomic E-state index is -3.59. The highest BCUT2D eigenvalue weighted by Gasteiger charge is 2.35. The second-order valence-corrected chi connectivity index (χ2v) is 9.77. The molecule has 0 saturated heterocycles. The summed E-state index contributed by atoms with van der Waals surface area (Å²) in [7, 11) is -0.638. The van der Waals surface area contributed by atoms with Gasteiger partial charge in [-0.2, -0.15) is 5.10 Å². The van der Waals surface area contributed by atoms with Crippen LogP contribution in [0.15, 0.2) is 73.8 Å². The molecule has 0 saturated carbocycles. The maximum absolute atomic E-state index is 13.1. The first-order valence-electron chi connectivity index (χ1n) is 10.0. The van der Waals surface area contributed by atoms with E-state index in [1.54, 1.807) is 48.9 Å². The van der Waals surface area contributed by atoms with Gasteiger partial charge in [0, 0.05) is 26.2 Å². The lowest BCUT2D eigenvalue weighted by atomic mass is 10.1. The summed E-state index contributed by atoms with van der Waals surface area (Å²) in [5, 5.41) is 8.93. The smallest absolute Gasteiger partial charge is 0.262 e. The standard InChI is InChI=1S/C22H24N4O5S/c1-15-8-9-16(32(28,29)25(2)3)12-17(15)23-14-22(27)26-19(21-7-5-11-31-21)13-18(24-26)20-6-4-10-30-20/h4-12,19,23H,13-14H2,1-3H3. The number of nitrogens with zero attached hydrogens (tertiary/aromatic N) is 3. The fraction of sp³-hybridized carbons (Fsp3) is 0.273. The summed E-state index contributed by atoms with van der Waals surface area (Å²) in [5.74, 6) is 0.939. The van der Waals surface area contributed by atoms with Crippen LogP contribution >= 0.6 is 0 Å². The van der Waals surface area contributed by atoms with Gasteiger partial charge < -0.3 is 14.2 Å². The van der Waals surface area contributed by atoms with E-state index >= 15 is 0 Å². The van der Waals surface area contributed by atoms with Gasteiger partial charge in [0.15, 0.2) is 0 Å². The van der Waals surface area contributed by atoms with Gasteiger partial charge in [-0.05, 0) is 48.9 Å². The van der Waals surface area contributed by atoms with Gasteiger partial charge in [-0.15, -0.1) is 0 Å². The molecule has 1 aliphatic heterocycles. The second-order valence-electron chi connectivity index (χ2n) is 7.62. The molecule has 2 aromatic heterocycles. The van der Waals surface area contributed by atoms with Crippen molar-refractivity contribution in [2.24, 2.45) is 5.10 Å². The molecule has 3 heterocycles. The number of hydrogen-bond donors (Lipinski definition) is 1. The molecule has 0 bridgehead atoms. The number of nitrogens with one attached hydrogen (secondary N) is 1. The molecule has 1 N–H and O–H groups in total. The van der Waals surface area contributed by atoms with Crippen molar-refractivity contribution < 1.29 is 22.0 Å². The molecule has 32 heavy (non-hydrogen) atoms. The third kappa shape index (κ3) is 4.19. The third-order valence-electron chi connectivity index (χ3n) is 5.26. The zero-order chi connectivity index (χ0) is 22.9. The van der Waals surface area contributed by atoms with E-state index in [1.165, 1.54) is 25.2 Å². The van der Waals surface area contributed by atoms with Crippen molar-refractivity contribution in [1.29, 1.82) is 0 Å². The van der Waals surface area contributed by atoms with E-state index in [1.807, 2.05) is 6.92 Å². The van der Waals surface area contributed by atoms with Crippen LogP contribution in [0, 0.1) is 6.92 Å². The van der Waals surface area contributed by atoms with Crippen molar-refractivity contribution in [3.8, 4) is 0 Å². The first-order chi connectivity index (χ1) is 15.3. The fourth-order valence-corrected chi connectivity index (χ4v) is 4.38. The van der Waals surface area contributed by atoms with Crippen molar-refractivity contribution in [3.63, 3.8) is 0 Å². The molecule has 1 aliphatic rings. The molecule has 0 aliphatic carbocycles. The topological polar surface area (TPSA) is 108 Å². The number of carbonyl (C=O) groups excluding carboxylic acids is 1. The quantitative estimate of drug-likeness (QED) is 0.585. The summed E-state index contributed by atoms with van der Waals surface area (Å²) in [6, 6.07) is 11.5. The van der Waals surface area contributed by atoms with Crippen LogP contribution in [0.5, 0.6) is 0 Å². The number of anilines is 1. The highest BCUT2D eigenvalue weighted by atomic mass is 32.2. The Morgan fingerprint density at radius 3 is 2.59 bits per heavy atom. The van der Waals surface area contributed by atoms with Gasteiger partial charge >= 0.3 is 0 Å². The van der Waals surface area contributed by atoms with Crippen LogP contribution in [-0.2, 0) is 14.8 Å². The van der Waals surface area contributed by atoms with Gasteiger partial charge in [0.05, 0.1) is 24.0 Å². The number of carbonyl (C=O) groups is 1. The average Bonchev–Trinajstić information content (AvgIpc) is 3.53. The number of benzene rings is 1. The molecule has 10 heteroatoms. The summed E-state index contributed by atoms with van der Waals surface area (Å²) in [5.41, 5.74) is 2.03. The Morgan fingerprint density at radius 1 is 1.19 bits per heavy atom. The molecule has 1 atom stereocenters. The van der Waals surface area contributed by atoms with E-state index in [9.17, 15) is 13.2 Å². The van der Waals surface area contributed by atoms with Gasteiger partial charge in [-0.3, -0.25) is 4.79 Å². The molecular formula is C22H24N4O5S. The van der Waals surface area contributed by atoms with Gasteiger partial charge in [-0.25, -0.2) is 17.7 Å². The molecule has 1 aromatic carbocycles. The maximum atomic E-state index is 13.1. The first-order valence-corrected chi connectivity index (χ1v) is 11.5. The van der Waals surface area contributed by atoms with Gasteiger partial charge in [0.25, 0.3) is 5.91 Å². The SMILES string of the molecule is Cc1ccc(S(=O)(=O)N(C)C)cc1NCC(=O)N1N=C(c2ccco2)CC1c1ccco1. The van der Waals surface area contributed by atoms with Crippen LogP contribution < -0.4 is 5.32 Å². The number of sulfonamides is 1. The van der Waals surface area contributed by atoms with Crippen LogP contribution in [0.3, 0.4) is 0 Å². The van der Waals surface area contributed by atoms with E-state index in [-0.39, 0.29) is 23.4 Å². The lowest BCUT2D eigenvalue weighted by Crippen LogP contribution is -2.32. The molecule has 168 valence electrons. The van der Waals surface area contributed by atoms with Crippen LogP contribution in [0.2, 0.25) is 0 Å². The van der Waals surface area contributed by atoms with Crippen LogP contribution in [0.4, 0.5) is 5.69 Å². The summed E-state index contributed by atoms with van der Waals surface area (Å²) < 4.78 is 37.0. The van der Waals surface area contributed by atoms with Crippen molar-refractivity contribution in [3.05, 3.63) is 72.1 Å². The Morgan fingerprint density at radius 2 is 1.94 bits per heavy atom. The number of rotatable bonds is 7. The normalized spacial score (nSPS) is 16.4. The van der Waals surface area contributed by atoms with Crippen LogP contribution in [0.1, 0.15) is 29.5 Å². The summed E-state index contributed by atoms with van der Waals surface area (Å²) in [6.07, 6.45) is 3.58. The first kappa shape index (κ1) is 21.8. The Hall–Kier alpha value is -3.37. The van der Waals surface area contributed by atoms with Crippen molar-refractivity contribution in [1.82, 2.24) is 9.31 Å². The molecule has 0 fully saturated rings. The highest BCUT2D eigenvalue weighted by Crippen LogP contribution is 2.33. The number of aryl methyl sites for hydroxylation is 1. The number of hydrogen-bond acceptors (Lipinski definition) is 7. The molecule has 3 aromatic rings. The van der Waals surface area contributed by atoms with Crippen LogP contribution in [0.25, 0.3) is 0 Å². The molecule has 0 radical (unpaired) electrons. The summed E-state index contributed by atoms with van der Waals surface area (Å²) in [6.45, 7) is 1.77. The minimum Gasteiger partial charge on any atom is -0.467 e. The zero-order valence-corrected chi connectivity index (χ0v) is 18.8. The largest absolute Gasteiger partial charge is 0.467 e. The fourth-order valence-electron chi connectivity index (χ4n) is 3.45. The van der Waals surface area contributed by atoms with Gasteiger partial charge in [-0.1, -0.05) is 6.07 Å². The Bertz CT molecular complexity index is 1230. The van der Waals surface area contributed by atoms with E-state index in [0.29, 0.717) is 29.3 Å². The predicted octanol–water partition coefficient (Wildman–Crippen LogP) is 3.22. The van der Waals surface area contributed by atoms with E-state index in [2.05, 4.69) is 10.4 Å². The average molecular weight is 457 g/mol. The van der Waals surface area contributed by atoms with Crippen LogP contribution in [-0.4, -0.2) is 50.0 Å². The predicted molar refractivity (Wildman–Crippen MR) is 119 cm³/mol. The molecule has 1 unspecified atom stereocenters. The van der Waals surface area contributed by atoms with Gasteiger partial charge in [0.1, 0.15) is 23.3 Å². The molecular weight excluding hydrogens is 432 g/mol. The molecule has 1 amide bonds. The lowest BCUT2D eigenvalue weighted by Gasteiger charge is -2.21. The number of hydrazone groups is 1. The summed E-state index contributed by atoms with van der Waals surface area (Å²) in [4.78, 5) is 13.2. The minimum absolute atomic E-state index is 0.0710.